The summed E-state index contributed by atoms with van der Waals surface area (Å²) in [7, 11) is 0. The van der Waals surface area contributed by atoms with Crippen LogP contribution in [0.2, 0.25) is 0 Å². The maximum Gasteiger partial charge on any atom is 0.191 e. The third-order valence-electron chi connectivity index (χ3n) is 2.16. The summed E-state index contributed by atoms with van der Waals surface area (Å²) in [6, 6.07) is 0.806. The molecule has 0 spiro atoms. The van der Waals surface area contributed by atoms with Gasteiger partial charge in [0.15, 0.2) is 5.82 Å². The van der Waals surface area contributed by atoms with Crippen molar-refractivity contribution in [3.05, 3.63) is 5.82 Å². The molecule has 0 saturated carbocycles. The average molecular weight is 199 g/mol. The first-order valence-electron chi connectivity index (χ1n) is 4.43. The Bertz CT molecular complexity index is 243. The van der Waals surface area contributed by atoms with E-state index in [4.69, 9.17) is 0 Å². The molecule has 72 valence electrons. The van der Waals surface area contributed by atoms with Gasteiger partial charge >= 0.3 is 0 Å². The molecule has 0 bridgehead atoms. The van der Waals surface area contributed by atoms with E-state index >= 15 is 0 Å². The first-order valence-corrected chi connectivity index (χ1v) is 5.59. The summed E-state index contributed by atoms with van der Waals surface area (Å²) >= 11 is 1.99. The number of aromatic amines is 1. The van der Waals surface area contributed by atoms with Crippen LogP contribution in [0.1, 0.15) is 25.2 Å². The van der Waals surface area contributed by atoms with E-state index in [1.165, 1.54) is 17.9 Å². The maximum absolute atomic E-state index is 3.94. The predicted octanol–water partition coefficient (Wildman–Crippen LogP) is 0.356. The van der Waals surface area contributed by atoms with Gasteiger partial charge in [0.05, 0.1) is 6.04 Å². The Morgan fingerprint density at radius 2 is 2.62 bits per heavy atom. The molecule has 1 aromatic heterocycles. The number of thioether (sulfide) groups is 1. The molecule has 0 aromatic carbocycles. The number of hydrogen-bond donors (Lipinski definition) is 2. The number of tetrazole rings is 1. The smallest absolute Gasteiger partial charge is 0.191 e. The number of hydrogen-bond acceptors (Lipinski definition) is 5. The Balaban J connectivity index is 1.87. The monoisotopic (exact) mass is 199 g/mol. The van der Waals surface area contributed by atoms with Crippen molar-refractivity contribution in [2.75, 3.05) is 11.5 Å². The van der Waals surface area contributed by atoms with Crippen LogP contribution in [0, 0.1) is 0 Å². The Hall–Kier alpha value is -0.620. The second-order valence-corrected chi connectivity index (χ2v) is 4.37. The topological polar surface area (TPSA) is 66.5 Å². The molecule has 0 aliphatic carbocycles. The lowest BCUT2D eigenvalue weighted by molar-refractivity contribution is 0.470. The molecule has 0 radical (unpaired) electrons. The maximum atomic E-state index is 3.94. The summed E-state index contributed by atoms with van der Waals surface area (Å²) in [5.74, 6) is 3.20. The van der Waals surface area contributed by atoms with Gasteiger partial charge in [-0.1, -0.05) is 5.21 Å². The van der Waals surface area contributed by atoms with Crippen LogP contribution in [0.4, 0.5) is 0 Å². The van der Waals surface area contributed by atoms with E-state index in [1.807, 2.05) is 11.8 Å². The Morgan fingerprint density at radius 1 is 1.69 bits per heavy atom. The molecular formula is C7H13N5S. The van der Waals surface area contributed by atoms with Crippen molar-refractivity contribution in [2.45, 2.75) is 25.4 Å². The van der Waals surface area contributed by atoms with E-state index in [-0.39, 0.29) is 6.04 Å². The van der Waals surface area contributed by atoms with Gasteiger partial charge in [-0.15, -0.1) is 10.2 Å². The van der Waals surface area contributed by atoms with Crippen molar-refractivity contribution in [1.82, 2.24) is 25.9 Å². The zero-order valence-corrected chi connectivity index (χ0v) is 8.34. The van der Waals surface area contributed by atoms with Crippen molar-refractivity contribution >= 4 is 11.8 Å². The minimum absolute atomic E-state index is 0.197. The van der Waals surface area contributed by atoms with Gasteiger partial charge in [-0.25, -0.2) is 0 Å². The molecule has 13 heavy (non-hydrogen) atoms. The minimum atomic E-state index is 0.197. The van der Waals surface area contributed by atoms with Gasteiger partial charge in [0.25, 0.3) is 0 Å². The average Bonchev–Trinajstić information content (AvgIpc) is 2.74. The fourth-order valence-electron chi connectivity index (χ4n) is 1.45. The van der Waals surface area contributed by atoms with Crippen LogP contribution in [0.3, 0.4) is 0 Å². The molecule has 5 nitrogen and oxygen atoms in total. The predicted molar refractivity (Wildman–Crippen MR) is 51.5 cm³/mol. The standard InChI is InChI=1S/C7H13N5S/c1-5(7-9-11-12-10-7)8-6-2-3-13-4-6/h5-6,8H,2-4H2,1H3,(H,9,10,11,12). The van der Waals surface area contributed by atoms with Crippen LogP contribution in [0.25, 0.3) is 0 Å². The van der Waals surface area contributed by atoms with Crippen molar-refractivity contribution in [3.8, 4) is 0 Å². The van der Waals surface area contributed by atoms with Crippen LogP contribution in [-0.4, -0.2) is 38.2 Å². The molecular weight excluding hydrogens is 186 g/mol. The van der Waals surface area contributed by atoms with E-state index in [2.05, 4.69) is 32.9 Å². The van der Waals surface area contributed by atoms with Crippen molar-refractivity contribution in [3.63, 3.8) is 0 Å². The van der Waals surface area contributed by atoms with E-state index in [0.717, 1.165) is 5.82 Å². The lowest BCUT2D eigenvalue weighted by atomic mass is 10.2. The van der Waals surface area contributed by atoms with E-state index in [9.17, 15) is 0 Å². The summed E-state index contributed by atoms with van der Waals surface area (Å²) in [6.45, 7) is 2.06. The Morgan fingerprint density at radius 3 is 3.23 bits per heavy atom. The summed E-state index contributed by atoms with van der Waals surface area (Å²) in [5, 5.41) is 17.4. The highest BCUT2D eigenvalue weighted by Crippen LogP contribution is 2.19. The van der Waals surface area contributed by atoms with E-state index < -0.39 is 0 Å². The van der Waals surface area contributed by atoms with Crippen molar-refractivity contribution in [2.24, 2.45) is 0 Å². The number of nitrogens with zero attached hydrogens (tertiary/aromatic N) is 3. The van der Waals surface area contributed by atoms with Gasteiger partial charge in [0, 0.05) is 11.8 Å². The molecule has 2 unspecified atom stereocenters. The zero-order chi connectivity index (χ0) is 9.10. The van der Waals surface area contributed by atoms with Gasteiger partial charge in [-0.05, 0) is 19.1 Å². The normalized spacial score (nSPS) is 24.8. The summed E-state index contributed by atoms with van der Waals surface area (Å²) in [4.78, 5) is 0. The molecule has 2 atom stereocenters. The fraction of sp³-hybridized carbons (Fsp3) is 0.857. The van der Waals surface area contributed by atoms with Gasteiger partial charge in [0.1, 0.15) is 0 Å². The second kappa shape index (κ2) is 4.06. The van der Waals surface area contributed by atoms with Gasteiger partial charge in [0.2, 0.25) is 0 Å². The molecule has 2 rings (SSSR count). The minimum Gasteiger partial charge on any atom is -0.304 e. The molecule has 1 aliphatic rings. The Kier molecular flexibility index (Phi) is 2.80. The van der Waals surface area contributed by atoms with Crippen molar-refractivity contribution in [1.29, 1.82) is 0 Å². The van der Waals surface area contributed by atoms with Gasteiger partial charge < -0.3 is 5.32 Å². The van der Waals surface area contributed by atoms with Crippen LogP contribution in [0.15, 0.2) is 0 Å². The summed E-state index contributed by atoms with van der Waals surface area (Å²) < 4.78 is 0. The quantitative estimate of drug-likeness (QED) is 0.735. The largest absolute Gasteiger partial charge is 0.304 e. The molecule has 1 fully saturated rings. The molecule has 1 aliphatic heterocycles. The number of nitrogens with one attached hydrogen (secondary N) is 2. The molecule has 1 saturated heterocycles. The first-order chi connectivity index (χ1) is 6.36. The van der Waals surface area contributed by atoms with Crippen molar-refractivity contribution < 1.29 is 0 Å². The number of rotatable bonds is 3. The number of aromatic nitrogens is 4. The van der Waals surface area contributed by atoms with E-state index in [0.29, 0.717) is 6.04 Å². The molecule has 0 amide bonds. The number of H-pyrrole nitrogens is 1. The first kappa shape index (κ1) is 8.96. The molecule has 2 N–H and O–H groups in total. The lowest BCUT2D eigenvalue weighted by Gasteiger charge is -2.15. The SMILES string of the molecule is CC(NC1CCSC1)c1nn[nH]n1. The lowest BCUT2D eigenvalue weighted by Crippen LogP contribution is -2.31. The molecule has 1 aromatic rings. The van der Waals surface area contributed by atoms with Gasteiger partial charge in [-0.3, -0.25) is 0 Å². The highest BCUT2D eigenvalue weighted by atomic mass is 32.2. The van der Waals surface area contributed by atoms with Crippen LogP contribution < -0.4 is 5.32 Å². The highest BCUT2D eigenvalue weighted by molar-refractivity contribution is 7.99. The van der Waals surface area contributed by atoms with Crippen LogP contribution >= 0.6 is 11.8 Å². The summed E-state index contributed by atoms with van der Waals surface area (Å²) in [5.41, 5.74) is 0. The highest BCUT2D eigenvalue weighted by Gasteiger charge is 2.19. The second-order valence-electron chi connectivity index (χ2n) is 3.22. The third-order valence-corrected chi connectivity index (χ3v) is 3.33. The molecule has 6 heteroatoms. The fourth-order valence-corrected chi connectivity index (χ4v) is 2.61. The zero-order valence-electron chi connectivity index (χ0n) is 7.53. The summed E-state index contributed by atoms with van der Waals surface area (Å²) in [6.07, 6.45) is 1.24. The van der Waals surface area contributed by atoms with Crippen LogP contribution in [-0.2, 0) is 0 Å². The van der Waals surface area contributed by atoms with Gasteiger partial charge in [-0.2, -0.15) is 17.0 Å². The third kappa shape index (κ3) is 2.19. The molecule has 2 heterocycles. The Labute approximate surface area is 81.1 Å². The van der Waals surface area contributed by atoms with Crippen LogP contribution in [0.5, 0.6) is 0 Å². The van der Waals surface area contributed by atoms with E-state index in [1.54, 1.807) is 0 Å².